The molecule has 2 heterocycles. The third-order valence-corrected chi connectivity index (χ3v) is 3.59. The summed E-state index contributed by atoms with van der Waals surface area (Å²) in [6.45, 7) is 2.45. The van der Waals surface area contributed by atoms with Crippen molar-refractivity contribution in [3.63, 3.8) is 0 Å². The largest absolute Gasteiger partial charge is 0.448 e. The quantitative estimate of drug-likeness (QED) is 0.860. The Morgan fingerprint density at radius 3 is 3.05 bits per heavy atom. The molecule has 0 radical (unpaired) electrons. The summed E-state index contributed by atoms with van der Waals surface area (Å²) in [4.78, 5) is 24.2. The molecule has 6 heteroatoms. The van der Waals surface area contributed by atoms with E-state index in [0.29, 0.717) is 18.5 Å². The van der Waals surface area contributed by atoms with Crippen molar-refractivity contribution in [1.29, 1.82) is 0 Å². The molecule has 0 bridgehead atoms. The van der Waals surface area contributed by atoms with Crippen LogP contribution in [0.2, 0.25) is 0 Å². The maximum atomic E-state index is 12.3. The van der Waals surface area contributed by atoms with Gasteiger partial charge in [0.1, 0.15) is 0 Å². The van der Waals surface area contributed by atoms with Gasteiger partial charge in [0.15, 0.2) is 6.10 Å². The van der Waals surface area contributed by atoms with Crippen LogP contribution in [0.1, 0.15) is 22.8 Å². The fraction of sp³-hybridized carbons (Fsp3) is 0.312. The molecule has 114 valence electrons. The second-order valence-corrected chi connectivity index (χ2v) is 5.39. The Bertz CT molecular complexity index is 682. The van der Waals surface area contributed by atoms with Gasteiger partial charge in [-0.2, -0.15) is 5.10 Å². The molecule has 1 aromatic heterocycles. The minimum atomic E-state index is -0.775. The van der Waals surface area contributed by atoms with Gasteiger partial charge in [-0.3, -0.25) is 9.48 Å². The summed E-state index contributed by atoms with van der Waals surface area (Å²) in [5.41, 5.74) is 1.38. The molecule has 1 amide bonds. The second-order valence-electron chi connectivity index (χ2n) is 5.39. The van der Waals surface area contributed by atoms with Crippen molar-refractivity contribution >= 4 is 11.9 Å². The first-order valence-electron chi connectivity index (χ1n) is 7.20. The van der Waals surface area contributed by atoms with Gasteiger partial charge in [0.05, 0.1) is 12.1 Å². The van der Waals surface area contributed by atoms with Gasteiger partial charge in [-0.25, -0.2) is 4.79 Å². The Morgan fingerprint density at radius 2 is 2.27 bits per heavy atom. The van der Waals surface area contributed by atoms with Crippen LogP contribution in [0.25, 0.3) is 0 Å². The number of carbonyl (C=O) groups excluding carboxylic acids is 2. The van der Waals surface area contributed by atoms with E-state index in [4.69, 9.17) is 4.74 Å². The highest BCUT2D eigenvalue weighted by Gasteiger charge is 2.31. The van der Waals surface area contributed by atoms with Gasteiger partial charge in [-0.05, 0) is 24.6 Å². The maximum absolute atomic E-state index is 12.3. The van der Waals surface area contributed by atoms with Gasteiger partial charge in [-0.1, -0.05) is 18.2 Å². The summed E-state index contributed by atoms with van der Waals surface area (Å²) in [5.74, 6) is -0.718. The molecule has 6 nitrogen and oxygen atoms in total. The predicted octanol–water partition coefficient (Wildman–Crippen LogP) is 1.17. The highest BCUT2D eigenvalue weighted by Crippen LogP contribution is 2.20. The lowest BCUT2D eigenvalue weighted by Gasteiger charge is -2.25. The number of benzene rings is 1. The van der Waals surface area contributed by atoms with Crippen LogP contribution in [0.15, 0.2) is 42.7 Å². The van der Waals surface area contributed by atoms with Crippen molar-refractivity contribution < 1.29 is 14.3 Å². The van der Waals surface area contributed by atoms with Crippen LogP contribution in [0.3, 0.4) is 0 Å². The summed E-state index contributed by atoms with van der Waals surface area (Å²) >= 11 is 0. The van der Waals surface area contributed by atoms with Crippen LogP contribution in [0.5, 0.6) is 0 Å². The van der Waals surface area contributed by atoms with Crippen LogP contribution >= 0.6 is 0 Å². The molecule has 1 aliphatic heterocycles. The summed E-state index contributed by atoms with van der Waals surface area (Å²) in [6.07, 6.45) is 3.15. The van der Waals surface area contributed by atoms with Crippen LogP contribution < -0.4 is 5.32 Å². The fourth-order valence-corrected chi connectivity index (χ4v) is 2.55. The number of carbonyl (C=O) groups is 2. The number of esters is 1. The molecule has 1 N–H and O–H groups in total. The molecule has 0 saturated carbocycles. The number of aromatic nitrogens is 2. The van der Waals surface area contributed by atoms with Gasteiger partial charge in [0.25, 0.3) is 5.91 Å². The lowest BCUT2D eigenvalue weighted by Crippen LogP contribution is -2.46. The number of rotatable bonds is 4. The smallest absolute Gasteiger partial charge is 0.339 e. The number of hydrogen-bond donors (Lipinski definition) is 1. The number of ether oxygens (including phenoxy) is 1. The lowest BCUT2D eigenvalue weighted by molar-refractivity contribution is -0.131. The highest BCUT2D eigenvalue weighted by molar-refractivity contribution is 5.95. The van der Waals surface area contributed by atoms with E-state index in [1.165, 1.54) is 0 Å². The number of nitrogens with zero attached hydrogens (tertiary/aromatic N) is 2. The molecule has 22 heavy (non-hydrogen) atoms. The van der Waals surface area contributed by atoms with Crippen molar-refractivity contribution in [2.24, 2.45) is 0 Å². The Kier molecular flexibility index (Phi) is 3.91. The number of amides is 1. The minimum Gasteiger partial charge on any atom is -0.448 e. The molecule has 1 aliphatic rings. The van der Waals surface area contributed by atoms with Gasteiger partial charge in [0, 0.05) is 24.9 Å². The fourth-order valence-electron chi connectivity index (χ4n) is 2.55. The molecule has 2 atom stereocenters. The zero-order chi connectivity index (χ0) is 15.5. The van der Waals surface area contributed by atoms with E-state index in [2.05, 4.69) is 10.4 Å². The van der Waals surface area contributed by atoms with E-state index < -0.39 is 12.1 Å². The van der Waals surface area contributed by atoms with Crippen LogP contribution in [-0.2, 0) is 22.5 Å². The lowest BCUT2D eigenvalue weighted by atomic mass is 9.98. The third-order valence-electron chi connectivity index (χ3n) is 3.59. The first-order valence-corrected chi connectivity index (χ1v) is 7.20. The zero-order valence-electron chi connectivity index (χ0n) is 12.2. The minimum absolute atomic E-state index is 0.108. The summed E-state index contributed by atoms with van der Waals surface area (Å²) < 4.78 is 6.98. The standard InChI is InChI=1S/C16H17N3O3/c1-11(10-19-8-4-7-17-19)18-15(20)14-9-12-5-2-3-6-13(12)16(21)22-14/h2-8,11,14H,9-10H2,1H3,(H,18,20)/t11-,14+/m1/s1. The van der Waals surface area contributed by atoms with Crippen molar-refractivity contribution in [2.75, 3.05) is 0 Å². The molecule has 0 spiro atoms. The first kappa shape index (κ1) is 14.3. The molecule has 0 saturated heterocycles. The molecule has 0 aliphatic carbocycles. The molecule has 2 aromatic rings. The van der Waals surface area contributed by atoms with Gasteiger partial charge < -0.3 is 10.1 Å². The van der Waals surface area contributed by atoms with Crippen molar-refractivity contribution in [1.82, 2.24) is 15.1 Å². The molecular weight excluding hydrogens is 282 g/mol. The Hall–Kier alpha value is -2.63. The number of fused-ring (bicyclic) bond motifs is 1. The molecule has 3 rings (SSSR count). The van der Waals surface area contributed by atoms with Crippen LogP contribution in [0.4, 0.5) is 0 Å². The molecule has 0 unspecified atom stereocenters. The van der Waals surface area contributed by atoms with E-state index in [0.717, 1.165) is 5.56 Å². The molecule has 0 fully saturated rings. The molecular formula is C16H17N3O3. The number of cyclic esters (lactones) is 1. The van der Waals surface area contributed by atoms with Crippen LogP contribution in [-0.4, -0.2) is 33.8 Å². The van der Waals surface area contributed by atoms with Crippen molar-refractivity contribution in [3.05, 3.63) is 53.9 Å². The zero-order valence-corrected chi connectivity index (χ0v) is 12.2. The highest BCUT2D eigenvalue weighted by atomic mass is 16.5. The van der Waals surface area contributed by atoms with Crippen molar-refractivity contribution in [3.8, 4) is 0 Å². The number of hydrogen-bond acceptors (Lipinski definition) is 4. The first-order chi connectivity index (χ1) is 10.6. The molecule has 1 aromatic carbocycles. The van der Waals surface area contributed by atoms with E-state index >= 15 is 0 Å². The van der Waals surface area contributed by atoms with Gasteiger partial charge in [-0.15, -0.1) is 0 Å². The van der Waals surface area contributed by atoms with E-state index in [-0.39, 0.29) is 11.9 Å². The average Bonchev–Trinajstić information content (AvgIpc) is 3.00. The number of nitrogens with one attached hydrogen (secondary N) is 1. The maximum Gasteiger partial charge on any atom is 0.339 e. The van der Waals surface area contributed by atoms with E-state index in [9.17, 15) is 9.59 Å². The summed E-state index contributed by atoms with van der Waals surface area (Å²) in [5, 5.41) is 6.96. The third kappa shape index (κ3) is 3.00. The van der Waals surface area contributed by atoms with Crippen LogP contribution in [0, 0.1) is 0 Å². The van der Waals surface area contributed by atoms with E-state index in [1.54, 1.807) is 23.0 Å². The van der Waals surface area contributed by atoms with Gasteiger partial charge >= 0.3 is 5.97 Å². The van der Waals surface area contributed by atoms with Crippen molar-refractivity contribution in [2.45, 2.75) is 32.0 Å². The Balaban J connectivity index is 1.62. The second kappa shape index (κ2) is 6.01. The Morgan fingerprint density at radius 1 is 1.45 bits per heavy atom. The SMILES string of the molecule is C[C@H](Cn1cccn1)NC(=O)[C@@H]1Cc2ccccc2C(=O)O1. The monoisotopic (exact) mass is 299 g/mol. The average molecular weight is 299 g/mol. The Labute approximate surface area is 128 Å². The predicted molar refractivity (Wildman–Crippen MR) is 79.2 cm³/mol. The topological polar surface area (TPSA) is 73.2 Å². The normalized spacial score (nSPS) is 18.2. The van der Waals surface area contributed by atoms with E-state index in [1.807, 2.05) is 31.3 Å². The van der Waals surface area contributed by atoms with Gasteiger partial charge in [0.2, 0.25) is 0 Å². The summed E-state index contributed by atoms with van der Waals surface area (Å²) in [7, 11) is 0. The summed E-state index contributed by atoms with van der Waals surface area (Å²) in [6, 6.07) is 8.92.